The lowest BCUT2D eigenvalue weighted by atomic mass is 10.3. The molecule has 0 aliphatic heterocycles. The van der Waals surface area contributed by atoms with E-state index in [9.17, 15) is 14.4 Å². The Morgan fingerprint density at radius 3 is 2.50 bits per heavy atom. The van der Waals surface area contributed by atoms with Crippen molar-refractivity contribution in [3.63, 3.8) is 0 Å². The van der Waals surface area contributed by atoms with Crippen LogP contribution in [0.4, 0.5) is 0 Å². The number of hydrogen-bond donors (Lipinski definition) is 3. The van der Waals surface area contributed by atoms with Gasteiger partial charge >= 0.3 is 5.91 Å². The van der Waals surface area contributed by atoms with Crippen molar-refractivity contribution < 1.29 is 18.7 Å². The van der Waals surface area contributed by atoms with Crippen LogP contribution in [0.1, 0.15) is 26.8 Å². The van der Waals surface area contributed by atoms with Gasteiger partial charge < -0.3 is 9.15 Å². The first kappa shape index (κ1) is 17.0. The lowest BCUT2D eigenvalue weighted by Gasteiger charge is -2.05. The Kier molecular flexibility index (Phi) is 5.08. The number of rotatable bonds is 5. The highest BCUT2D eigenvalue weighted by molar-refractivity contribution is 5.96. The third-order valence-corrected chi connectivity index (χ3v) is 3.21. The summed E-state index contributed by atoms with van der Waals surface area (Å²) in [5.41, 5.74) is 3.87. The zero-order chi connectivity index (χ0) is 18.4. The summed E-state index contributed by atoms with van der Waals surface area (Å²) in [6, 6.07) is 14.6. The maximum absolute atomic E-state index is 12.0. The van der Waals surface area contributed by atoms with Crippen LogP contribution in [0.2, 0.25) is 0 Å². The average molecular weight is 354 g/mol. The van der Waals surface area contributed by atoms with Gasteiger partial charge in [0.05, 0.1) is 0 Å². The van der Waals surface area contributed by atoms with Gasteiger partial charge in [0.15, 0.2) is 11.5 Å². The number of aromatic amines is 1. The van der Waals surface area contributed by atoms with Crippen LogP contribution in [0.3, 0.4) is 0 Å². The van der Waals surface area contributed by atoms with Gasteiger partial charge in [0, 0.05) is 6.07 Å². The monoisotopic (exact) mass is 354 g/mol. The van der Waals surface area contributed by atoms with Crippen molar-refractivity contribution in [2.24, 2.45) is 0 Å². The first-order valence-electron chi connectivity index (χ1n) is 7.55. The molecule has 2 aromatic heterocycles. The average Bonchev–Trinajstić information content (AvgIpc) is 3.15. The molecule has 132 valence electrons. The number of amides is 2. The lowest BCUT2D eigenvalue weighted by Crippen LogP contribution is -2.42. The maximum Gasteiger partial charge on any atom is 0.305 e. The molecule has 0 atom stereocenters. The highest BCUT2D eigenvalue weighted by atomic mass is 16.5. The number of nitrogens with one attached hydrogen (secondary N) is 3. The first-order valence-corrected chi connectivity index (χ1v) is 7.55. The number of para-hydroxylation sites is 1. The number of ether oxygens (including phenoxy) is 1. The third kappa shape index (κ3) is 4.35. The molecule has 2 amide bonds. The maximum atomic E-state index is 12.0. The number of benzene rings is 1. The van der Waals surface area contributed by atoms with Crippen molar-refractivity contribution >= 4 is 11.8 Å². The highest BCUT2D eigenvalue weighted by Crippen LogP contribution is 2.13. The molecular weight excluding hydrogens is 340 g/mol. The fourth-order valence-electron chi connectivity index (χ4n) is 1.96. The van der Waals surface area contributed by atoms with Crippen LogP contribution >= 0.6 is 0 Å². The minimum absolute atomic E-state index is 0.00592. The molecule has 0 radical (unpaired) electrons. The van der Waals surface area contributed by atoms with Gasteiger partial charge in [-0.15, -0.1) is 0 Å². The number of hydrazine groups is 1. The summed E-state index contributed by atoms with van der Waals surface area (Å²) in [5, 5.41) is 5.66. The molecule has 26 heavy (non-hydrogen) atoms. The van der Waals surface area contributed by atoms with Gasteiger partial charge in [-0.25, -0.2) is 5.10 Å². The van der Waals surface area contributed by atoms with Crippen molar-refractivity contribution in [1.82, 2.24) is 21.0 Å². The molecule has 3 rings (SSSR count). The molecule has 0 unspecified atom stereocenters. The third-order valence-electron chi connectivity index (χ3n) is 3.21. The van der Waals surface area contributed by atoms with E-state index in [4.69, 9.17) is 9.15 Å². The van der Waals surface area contributed by atoms with Gasteiger partial charge in [-0.3, -0.25) is 25.2 Å². The Morgan fingerprint density at radius 2 is 1.77 bits per heavy atom. The molecule has 0 aliphatic carbocycles. The van der Waals surface area contributed by atoms with Crippen molar-refractivity contribution in [1.29, 1.82) is 0 Å². The van der Waals surface area contributed by atoms with Crippen LogP contribution < -0.4 is 21.1 Å². The highest BCUT2D eigenvalue weighted by Gasteiger charge is 2.14. The van der Waals surface area contributed by atoms with Crippen LogP contribution in [0, 0.1) is 0 Å². The van der Waals surface area contributed by atoms with E-state index in [-0.39, 0.29) is 18.1 Å². The number of carbonyl (C=O) groups excluding carboxylic acids is 2. The van der Waals surface area contributed by atoms with Crippen LogP contribution in [-0.2, 0) is 6.61 Å². The summed E-state index contributed by atoms with van der Waals surface area (Å²) < 4.78 is 10.9. The molecule has 3 N–H and O–H groups in total. The van der Waals surface area contributed by atoms with E-state index in [0.29, 0.717) is 11.5 Å². The van der Waals surface area contributed by atoms with E-state index in [2.05, 4.69) is 21.0 Å². The van der Waals surface area contributed by atoms with E-state index in [1.54, 1.807) is 18.2 Å². The summed E-state index contributed by atoms with van der Waals surface area (Å²) >= 11 is 0. The van der Waals surface area contributed by atoms with Crippen LogP contribution in [0.5, 0.6) is 5.75 Å². The molecular formula is C17H14N4O5. The summed E-state index contributed by atoms with van der Waals surface area (Å²) in [6.45, 7) is 0.158. The zero-order valence-electron chi connectivity index (χ0n) is 13.4. The summed E-state index contributed by atoms with van der Waals surface area (Å²) in [6.07, 6.45) is 0. The summed E-state index contributed by atoms with van der Waals surface area (Å²) in [4.78, 5) is 34.7. The van der Waals surface area contributed by atoms with Crippen molar-refractivity contribution in [3.05, 3.63) is 82.2 Å². The normalized spacial score (nSPS) is 10.2. The summed E-state index contributed by atoms with van der Waals surface area (Å²) in [5.74, 6) is -0.197. The van der Waals surface area contributed by atoms with E-state index in [0.717, 1.165) is 6.07 Å². The molecule has 0 saturated carbocycles. The minimum atomic E-state index is -0.686. The van der Waals surface area contributed by atoms with E-state index in [1.807, 2.05) is 18.2 Å². The van der Waals surface area contributed by atoms with Gasteiger partial charge in [-0.1, -0.05) is 18.2 Å². The van der Waals surface area contributed by atoms with E-state index >= 15 is 0 Å². The smallest absolute Gasteiger partial charge is 0.305 e. The second kappa shape index (κ2) is 7.79. The van der Waals surface area contributed by atoms with Crippen molar-refractivity contribution in [2.75, 3.05) is 0 Å². The summed E-state index contributed by atoms with van der Waals surface area (Å²) in [7, 11) is 0. The standard InChI is InChI=1S/C17H14N4O5/c22-15-9-7-13(18-19-15)16(23)20-21-17(24)14-8-6-12(26-14)10-25-11-4-2-1-3-5-11/h1-9H,10H2,(H,19,22)(H,20,23)(H,21,24). The number of aromatic nitrogens is 2. The topological polar surface area (TPSA) is 126 Å². The van der Waals surface area contributed by atoms with Crippen molar-refractivity contribution in [3.8, 4) is 5.75 Å². The molecule has 3 aromatic rings. The Hall–Kier alpha value is -3.88. The molecule has 0 aliphatic rings. The Labute approximate surface area is 147 Å². The zero-order valence-corrected chi connectivity index (χ0v) is 13.4. The largest absolute Gasteiger partial charge is 0.486 e. The molecule has 2 heterocycles. The van der Waals surface area contributed by atoms with Gasteiger partial charge in [-0.05, 0) is 30.3 Å². The van der Waals surface area contributed by atoms with Gasteiger partial charge in [0.2, 0.25) is 0 Å². The predicted molar refractivity (Wildman–Crippen MR) is 89.3 cm³/mol. The van der Waals surface area contributed by atoms with Gasteiger partial charge in [0.25, 0.3) is 11.5 Å². The molecule has 0 spiro atoms. The minimum Gasteiger partial charge on any atom is -0.486 e. The molecule has 0 bridgehead atoms. The molecule has 0 saturated heterocycles. The van der Waals surface area contributed by atoms with Crippen molar-refractivity contribution in [2.45, 2.75) is 6.61 Å². The Bertz CT molecular complexity index is 944. The van der Waals surface area contributed by atoms with Crippen LogP contribution in [0.15, 0.2) is 63.8 Å². The SMILES string of the molecule is O=C(NNC(=O)c1ccc(COc2ccccc2)o1)c1ccc(=O)[nH]n1. The Morgan fingerprint density at radius 1 is 1.00 bits per heavy atom. The predicted octanol–water partition coefficient (Wildman–Crippen LogP) is 1.02. The molecule has 1 aromatic carbocycles. The number of nitrogens with zero attached hydrogens (tertiary/aromatic N) is 1. The van der Waals surface area contributed by atoms with Gasteiger partial charge in [-0.2, -0.15) is 5.10 Å². The van der Waals surface area contributed by atoms with Gasteiger partial charge in [0.1, 0.15) is 18.1 Å². The molecule has 9 nitrogen and oxygen atoms in total. The molecule has 0 fully saturated rings. The number of carbonyl (C=O) groups is 2. The van der Waals surface area contributed by atoms with Crippen LogP contribution in [0.25, 0.3) is 0 Å². The van der Waals surface area contributed by atoms with E-state index in [1.165, 1.54) is 12.1 Å². The number of H-pyrrole nitrogens is 1. The number of hydrogen-bond acceptors (Lipinski definition) is 6. The quantitative estimate of drug-likeness (QED) is 0.587. The fraction of sp³-hybridized carbons (Fsp3) is 0.0588. The lowest BCUT2D eigenvalue weighted by molar-refractivity contribution is 0.0825. The number of furan rings is 1. The Balaban J connectivity index is 1.52. The molecule has 9 heteroatoms. The second-order valence-corrected chi connectivity index (χ2v) is 5.08. The van der Waals surface area contributed by atoms with Crippen LogP contribution in [-0.4, -0.2) is 22.0 Å². The first-order chi connectivity index (χ1) is 12.6. The fourth-order valence-corrected chi connectivity index (χ4v) is 1.96. The van der Waals surface area contributed by atoms with E-state index < -0.39 is 17.4 Å². The second-order valence-electron chi connectivity index (χ2n) is 5.08.